The van der Waals surface area contributed by atoms with E-state index in [1.54, 1.807) is 0 Å². The Kier molecular flexibility index (Phi) is 2.31. The highest BCUT2D eigenvalue weighted by molar-refractivity contribution is 5.81. The Bertz CT molecular complexity index is 475. The summed E-state index contributed by atoms with van der Waals surface area (Å²) in [5, 5.41) is 1.31. The van der Waals surface area contributed by atoms with Crippen molar-refractivity contribution in [2.75, 3.05) is 14.1 Å². The lowest BCUT2D eigenvalue weighted by atomic mass is 10.2. The average Bonchev–Trinajstić information content (AvgIpc) is 2.42. The first-order valence-corrected chi connectivity index (χ1v) is 5.18. The van der Waals surface area contributed by atoms with Gasteiger partial charge in [-0.3, -0.25) is 0 Å². The number of hydrogen-bond donors (Lipinski definition) is 0. The normalized spacial score (nSPS) is 12.3. The van der Waals surface area contributed by atoms with E-state index in [1.165, 1.54) is 16.6 Å². The summed E-state index contributed by atoms with van der Waals surface area (Å²) < 4.78 is 2.96. The molecule has 2 aromatic rings. The molecule has 0 fully saturated rings. The molecule has 0 atom stereocenters. The van der Waals surface area contributed by atoms with Gasteiger partial charge < -0.3 is 9.05 Å². The van der Waals surface area contributed by atoms with Crippen molar-refractivity contribution in [3.05, 3.63) is 43.1 Å². The van der Waals surface area contributed by atoms with Gasteiger partial charge in [0.25, 0.3) is 0 Å². The Hall–Kier alpha value is -1.28. The Labute approximate surface area is 91.3 Å². The zero-order valence-electron chi connectivity index (χ0n) is 9.70. The van der Waals surface area contributed by atoms with Crippen molar-refractivity contribution in [1.29, 1.82) is 0 Å². The first-order chi connectivity index (χ1) is 6.97. The first-order valence-electron chi connectivity index (χ1n) is 5.18. The van der Waals surface area contributed by atoms with Crippen molar-refractivity contribution in [2.24, 2.45) is 7.05 Å². The second-order valence-corrected chi connectivity index (χ2v) is 4.85. The van der Waals surface area contributed by atoms with Gasteiger partial charge >= 0.3 is 0 Å². The summed E-state index contributed by atoms with van der Waals surface area (Å²) in [7, 11) is 10.4. The van der Waals surface area contributed by atoms with Crippen LogP contribution in [0.3, 0.4) is 0 Å². The lowest BCUT2D eigenvalue weighted by Crippen LogP contribution is -2.31. The number of aromatic nitrogens is 1. The number of aryl methyl sites for hydroxylation is 1. The number of rotatable bonds is 2. The minimum Gasteiger partial charge on any atom is -0.457 e. The van der Waals surface area contributed by atoms with Crippen LogP contribution in [0.2, 0.25) is 0 Å². The Balaban J connectivity index is 2.49. The molecular formula is C13H18N2. The molecule has 0 aliphatic rings. The molecule has 0 amide bonds. The Morgan fingerprint density at radius 2 is 1.93 bits per heavy atom. The van der Waals surface area contributed by atoms with Gasteiger partial charge in [0, 0.05) is 32.0 Å². The molecule has 1 aromatic heterocycles. The Morgan fingerprint density at radius 3 is 2.53 bits per heavy atom. The minimum atomic E-state index is 0.712. The standard InChI is InChI=1S/C13H18N2/c1-14-12(10-15(2,3)4)9-11-7-5-6-8-13(11)14/h5-9H,2,10H2,1,3-4H3. The average molecular weight is 202 g/mol. The monoisotopic (exact) mass is 202 g/mol. The summed E-state index contributed by atoms with van der Waals surface area (Å²) in [6, 6.07) is 10.7. The molecule has 0 bridgehead atoms. The van der Waals surface area contributed by atoms with Gasteiger partial charge in [-0.2, -0.15) is 0 Å². The molecule has 0 aliphatic carbocycles. The van der Waals surface area contributed by atoms with E-state index < -0.39 is 0 Å². The number of fused-ring (bicyclic) bond motifs is 1. The highest BCUT2D eigenvalue weighted by Gasteiger charge is 2.09. The van der Waals surface area contributed by atoms with Crippen molar-refractivity contribution in [3.63, 3.8) is 0 Å². The molecule has 0 aliphatic heterocycles. The molecule has 15 heavy (non-hydrogen) atoms. The summed E-state index contributed by atoms with van der Waals surface area (Å²) in [5.41, 5.74) is 2.62. The smallest absolute Gasteiger partial charge is 0.0952 e. The SMILES string of the molecule is [CH2-][N+](C)(C)Cc1cc2ccccc2n1C. The predicted molar refractivity (Wildman–Crippen MR) is 64.1 cm³/mol. The van der Waals surface area contributed by atoms with Crippen LogP contribution in [0.1, 0.15) is 5.69 Å². The van der Waals surface area contributed by atoms with Crippen molar-refractivity contribution >= 4 is 10.9 Å². The molecule has 0 saturated carbocycles. The number of hydrogen-bond acceptors (Lipinski definition) is 0. The Morgan fingerprint density at radius 1 is 1.27 bits per heavy atom. The number of quaternary nitrogens is 1. The van der Waals surface area contributed by atoms with E-state index in [1.807, 2.05) is 0 Å². The highest BCUT2D eigenvalue weighted by atomic mass is 15.3. The topological polar surface area (TPSA) is 4.93 Å². The third-order valence-electron chi connectivity index (χ3n) is 2.64. The van der Waals surface area contributed by atoms with Crippen molar-refractivity contribution in [2.45, 2.75) is 6.54 Å². The van der Waals surface area contributed by atoms with E-state index in [0.717, 1.165) is 6.54 Å². The van der Waals surface area contributed by atoms with Crippen molar-refractivity contribution in [1.82, 2.24) is 4.57 Å². The molecule has 0 saturated heterocycles. The third kappa shape index (κ3) is 2.05. The van der Waals surface area contributed by atoms with E-state index in [9.17, 15) is 0 Å². The maximum absolute atomic E-state index is 4.10. The van der Waals surface area contributed by atoms with Crippen LogP contribution in [-0.2, 0) is 13.6 Å². The summed E-state index contributed by atoms with van der Waals surface area (Å²) in [6.45, 7) is 0.950. The molecule has 80 valence electrons. The first kappa shape index (κ1) is 10.2. The van der Waals surface area contributed by atoms with Gasteiger partial charge in [-0.05, 0) is 12.1 Å². The summed E-state index contributed by atoms with van der Waals surface area (Å²) >= 11 is 0. The van der Waals surface area contributed by atoms with Crippen LogP contribution < -0.4 is 0 Å². The summed E-state index contributed by atoms with van der Waals surface area (Å²) in [4.78, 5) is 0. The maximum Gasteiger partial charge on any atom is 0.0952 e. The van der Waals surface area contributed by atoms with Gasteiger partial charge in [-0.1, -0.05) is 18.2 Å². The van der Waals surface area contributed by atoms with E-state index in [4.69, 9.17) is 0 Å². The molecule has 1 aromatic carbocycles. The van der Waals surface area contributed by atoms with Crippen LogP contribution in [0, 0.1) is 7.05 Å². The van der Waals surface area contributed by atoms with E-state index in [-0.39, 0.29) is 0 Å². The zero-order chi connectivity index (χ0) is 11.1. The highest BCUT2D eigenvalue weighted by Crippen LogP contribution is 2.20. The fraction of sp³-hybridized carbons (Fsp3) is 0.308. The fourth-order valence-corrected chi connectivity index (χ4v) is 1.94. The largest absolute Gasteiger partial charge is 0.457 e. The second kappa shape index (κ2) is 3.38. The van der Waals surface area contributed by atoms with Crippen LogP contribution in [0.4, 0.5) is 0 Å². The molecule has 2 rings (SSSR count). The van der Waals surface area contributed by atoms with E-state index >= 15 is 0 Å². The fourth-order valence-electron chi connectivity index (χ4n) is 1.94. The zero-order valence-corrected chi connectivity index (χ0v) is 9.70. The second-order valence-electron chi connectivity index (χ2n) is 4.85. The number of benzene rings is 1. The molecule has 2 heteroatoms. The minimum absolute atomic E-state index is 0.712. The molecule has 2 nitrogen and oxygen atoms in total. The van der Waals surface area contributed by atoms with E-state index in [0.29, 0.717) is 4.48 Å². The lowest BCUT2D eigenvalue weighted by molar-refractivity contribution is -0.859. The van der Waals surface area contributed by atoms with Crippen LogP contribution in [0.25, 0.3) is 10.9 Å². The third-order valence-corrected chi connectivity index (χ3v) is 2.64. The van der Waals surface area contributed by atoms with Crippen LogP contribution in [0.5, 0.6) is 0 Å². The summed E-state index contributed by atoms with van der Waals surface area (Å²) in [6.07, 6.45) is 0. The summed E-state index contributed by atoms with van der Waals surface area (Å²) in [5.74, 6) is 0. The number of nitrogens with zero attached hydrogens (tertiary/aromatic N) is 2. The van der Waals surface area contributed by atoms with Gasteiger partial charge in [0.1, 0.15) is 0 Å². The van der Waals surface area contributed by atoms with Gasteiger partial charge in [0.15, 0.2) is 0 Å². The van der Waals surface area contributed by atoms with Crippen molar-refractivity contribution < 1.29 is 4.48 Å². The van der Waals surface area contributed by atoms with Crippen LogP contribution in [0.15, 0.2) is 30.3 Å². The van der Waals surface area contributed by atoms with E-state index in [2.05, 4.69) is 63.1 Å². The predicted octanol–water partition coefficient (Wildman–Crippen LogP) is 2.55. The molecule has 0 N–H and O–H groups in total. The molecular weight excluding hydrogens is 184 g/mol. The molecule has 0 spiro atoms. The van der Waals surface area contributed by atoms with Gasteiger partial charge in [-0.25, -0.2) is 0 Å². The van der Waals surface area contributed by atoms with Gasteiger partial charge in [-0.15, -0.1) is 7.05 Å². The molecule has 0 unspecified atom stereocenters. The molecule has 0 radical (unpaired) electrons. The van der Waals surface area contributed by atoms with Crippen LogP contribution in [-0.4, -0.2) is 23.1 Å². The van der Waals surface area contributed by atoms with Gasteiger partial charge in [0.2, 0.25) is 0 Å². The van der Waals surface area contributed by atoms with Crippen molar-refractivity contribution in [3.8, 4) is 0 Å². The van der Waals surface area contributed by atoms with Crippen LogP contribution >= 0.6 is 0 Å². The quantitative estimate of drug-likeness (QED) is 0.521. The van der Waals surface area contributed by atoms with Gasteiger partial charge in [0.05, 0.1) is 12.2 Å². The number of para-hydroxylation sites is 1. The maximum atomic E-state index is 4.10. The lowest BCUT2D eigenvalue weighted by Gasteiger charge is -2.32. The molecule has 1 heterocycles.